The number of rotatable bonds is 2. The molecule has 1 unspecified atom stereocenters. The molecule has 3 heterocycles. The highest BCUT2D eigenvalue weighted by molar-refractivity contribution is 7.33. The van der Waals surface area contributed by atoms with Crippen LogP contribution in [0.25, 0.3) is 19.5 Å². The summed E-state index contributed by atoms with van der Waals surface area (Å²) in [5.41, 5.74) is 5.85. The van der Waals surface area contributed by atoms with Crippen LogP contribution in [0.5, 0.6) is 0 Å². The predicted octanol–water partition coefficient (Wildman–Crippen LogP) is 4.07. The SMILES string of the molecule is NCC1CCCCN1C(=O)c1cc2sc3ccccc3c2s1. The first-order valence-electron chi connectivity index (χ1n) is 7.70. The molecule has 1 saturated heterocycles. The number of likely N-dealkylation sites (tertiary alicyclic amines) is 1. The lowest BCUT2D eigenvalue weighted by Crippen LogP contribution is -2.47. The second-order valence-corrected chi connectivity index (χ2v) is 7.92. The lowest BCUT2D eigenvalue weighted by atomic mass is 10.0. The summed E-state index contributed by atoms with van der Waals surface area (Å²) >= 11 is 3.39. The third kappa shape index (κ3) is 2.24. The molecule has 1 amide bonds. The molecule has 4 rings (SSSR count). The van der Waals surface area contributed by atoms with Gasteiger partial charge >= 0.3 is 0 Å². The summed E-state index contributed by atoms with van der Waals surface area (Å²) in [6, 6.07) is 10.7. The van der Waals surface area contributed by atoms with Gasteiger partial charge < -0.3 is 10.6 Å². The second kappa shape index (κ2) is 5.65. The molecule has 1 aliphatic heterocycles. The van der Waals surface area contributed by atoms with Crippen molar-refractivity contribution in [3.8, 4) is 0 Å². The fourth-order valence-electron chi connectivity index (χ4n) is 3.26. The highest BCUT2D eigenvalue weighted by atomic mass is 32.1. The highest BCUT2D eigenvalue weighted by Gasteiger charge is 2.27. The van der Waals surface area contributed by atoms with Crippen molar-refractivity contribution >= 4 is 48.1 Å². The summed E-state index contributed by atoms with van der Waals surface area (Å²) in [6.07, 6.45) is 3.30. The monoisotopic (exact) mass is 330 g/mol. The topological polar surface area (TPSA) is 46.3 Å². The summed E-state index contributed by atoms with van der Waals surface area (Å²) in [5.74, 6) is 0.160. The van der Waals surface area contributed by atoms with Crippen molar-refractivity contribution in [2.75, 3.05) is 13.1 Å². The van der Waals surface area contributed by atoms with E-state index in [1.807, 2.05) is 4.90 Å². The molecule has 1 fully saturated rings. The van der Waals surface area contributed by atoms with E-state index < -0.39 is 0 Å². The maximum Gasteiger partial charge on any atom is 0.264 e. The van der Waals surface area contributed by atoms with Gasteiger partial charge in [0, 0.05) is 33.9 Å². The fourth-order valence-corrected chi connectivity index (χ4v) is 5.74. The van der Waals surface area contributed by atoms with Crippen LogP contribution in [0, 0.1) is 0 Å². The zero-order chi connectivity index (χ0) is 15.1. The maximum absolute atomic E-state index is 12.9. The first-order valence-corrected chi connectivity index (χ1v) is 9.33. The largest absolute Gasteiger partial charge is 0.334 e. The summed E-state index contributed by atoms with van der Waals surface area (Å²) in [7, 11) is 0. The highest BCUT2D eigenvalue weighted by Crippen LogP contribution is 2.39. The number of amides is 1. The lowest BCUT2D eigenvalue weighted by molar-refractivity contribution is 0.0628. The maximum atomic E-state index is 12.9. The summed E-state index contributed by atoms with van der Waals surface area (Å²) in [6.45, 7) is 1.40. The van der Waals surface area contributed by atoms with E-state index in [0.717, 1.165) is 24.3 Å². The smallest absolute Gasteiger partial charge is 0.264 e. The minimum Gasteiger partial charge on any atom is -0.334 e. The number of fused-ring (bicyclic) bond motifs is 3. The van der Waals surface area contributed by atoms with Crippen molar-refractivity contribution in [3.63, 3.8) is 0 Å². The summed E-state index contributed by atoms with van der Waals surface area (Å²) in [5, 5.41) is 1.26. The van der Waals surface area contributed by atoms with Crippen molar-refractivity contribution in [2.24, 2.45) is 5.73 Å². The number of carbonyl (C=O) groups is 1. The van der Waals surface area contributed by atoms with Crippen molar-refractivity contribution < 1.29 is 4.79 Å². The third-order valence-electron chi connectivity index (χ3n) is 4.42. The third-order valence-corrected chi connectivity index (χ3v) is 6.82. The Morgan fingerprint density at radius 3 is 2.95 bits per heavy atom. The molecule has 0 saturated carbocycles. The number of piperidine rings is 1. The Labute approximate surface area is 137 Å². The molecule has 1 aliphatic rings. The summed E-state index contributed by atoms with van der Waals surface area (Å²) in [4.78, 5) is 15.7. The van der Waals surface area contributed by atoms with Crippen molar-refractivity contribution in [2.45, 2.75) is 25.3 Å². The van der Waals surface area contributed by atoms with Gasteiger partial charge in [-0.1, -0.05) is 18.2 Å². The van der Waals surface area contributed by atoms with Crippen LogP contribution in [0.4, 0.5) is 0 Å². The van der Waals surface area contributed by atoms with Crippen molar-refractivity contribution in [1.82, 2.24) is 4.90 Å². The van der Waals surface area contributed by atoms with Crippen LogP contribution < -0.4 is 5.73 Å². The normalized spacial score (nSPS) is 19.1. The molecule has 3 aromatic rings. The van der Waals surface area contributed by atoms with Crippen LogP contribution in [-0.4, -0.2) is 29.9 Å². The minimum absolute atomic E-state index is 0.160. The summed E-state index contributed by atoms with van der Waals surface area (Å²) < 4.78 is 3.75. The molecule has 1 atom stereocenters. The van der Waals surface area contributed by atoms with E-state index in [1.165, 1.54) is 25.9 Å². The van der Waals surface area contributed by atoms with Gasteiger partial charge in [-0.25, -0.2) is 0 Å². The van der Waals surface area contributed by atoms with Crippen LogP contribution in [0.3, 0.4) is 0 Å². The van der Waals surface area contributed by atoms with Gasteiger partial charge in [0.25, 0.3) is 5.91 Å². The van der Waals surface area contributed by atoms with Gasteiger partial charge in [0.2, 0.25) is 0 Å². The number of nitrogens with zero attached hydrogens (tertiary/aromatic N) is 1. The average molecular weight is 330 g/mol. The predicted molar refractivity (Wildman–Crippen MR) is 94.9 cm³/mol. The van der Waals surface area contributed by atoms with E-state index in [2.05, 4.69) is 30.3 Å². The number of nitrogens with two attached hydrogens (primary N) is 1. The van der Waals surface area contributed by atoms with Gasteiger partial charge in [-0.15, -0.1) is 22.7 Å². The lowest BCUT2D eigenvalue weighted by Gasteiger charge is -2.34. The quantitative estimate of drug-likeness (QED) is 0.770. The molecule has 1 aromatic carbocycles. The minimum atomic E-state index is 0.160. The number of hydrogen-bond donors (Lipinski definition) is 1. The molecule has 114 valence electrons. The van der Waals surface area contributed by atoms with Gasteiger partial charge in [-0.2, -0.15) is 0 Å². The fraction of sp³-hybridized carbons (Fsp3) is 0.353. The van der Waals surface area contributed by atoms with E-state index in [9.17, 15) is 4.79 Å². The van der Waals surface area contributed by atoms with Gasteiger partial charge in [0.1, 0.15) is 0 Å². The molecular weight excluding hydrogens is 312 g/mol. The van der Waals surface area contributed by atoms with Gasteiger partial charge in [0.15, 0.2) is 0 Å². The van der Waals surface area contributed by atoms with E-state index in [0.29, 0.717) is 6.54 Å². The molecule has 0 spiro atoms. The van der Waals surface area contributed by atoms with Crippen LogP contribution in [0.2, 0.25) is 0 Å². The molecule has 0 aliphatic carbocycles. The molecule has 0 radical (unpaired) electrons. The molecule has 2 N–H and O–H groups in total. The van der Waals surface area contributed by atoms with E-state index in [-0.39, 0.29) is 11.9 Å². The van der Waals surface area contributed by atoms with Crippen molar-refractivity contribution in [1.29, 1.82) is 0 Å². The second-order valence-electron chi connectivity index (χ2n) is 5.79. The molecule has 2 aromatic heterocycles. The van der Waals surface area contributed by atoms with Crippen LogP contribution >= 0.6 is 22.7 Å². The molecule has 3 nitrogen and oxygen atoms in total. The number of carbonyl (C=O) groups excluding carboxylic acids is 1. The Balaban J connectivity index is 1.72. The zero-order valence-electron chi connectivity index (χ0n) is 12.2. The van der Waals surface area contributed by atoms with Gasteiger partial charge in [-0.05, 0) is 31.4 Å². The standard InChI is InChI=1S/C17H18N2OS2/c18-10-11-5-3-4-8-19(11)17(20)15-9-14-16(22-15)12-6-1-2-7-13(12)21-14/h1-2,6-7,9,11H,3-5,8,10,18H2. The van der Waals surface area contributed by atoms with E-state index in [4.69, 9.17) is 5.73 Å². The molecule has 22 heavy (non-hydrogen) atoms. The van der Waals surface area contributed by atoms with Crippen LogP contribution in [0.15, 0.2) is 30.3 Å². The molecule has 0 bridgehead atoms. The number of benzene rings is 1. The van der Waals surface area contributed by atoms with Gasteiger partial charge in [-0.3, -0.25) is 4.79 Å². The van der Waals surface area contributed by atoms with Crippen LogP contribution in [-0.2, 0) is 0 Å². The molecule has 5 heteroatoms. The number of hydrogen-bond acceptors (Lipinski definition) is 4. The van der Waals surface area contributed by atoms with E-state index in [1.54, 1.807) is 22.7 Å². The zero-order valence-corrected chi connectivity index (χ0v) is 13.9. The Kier molecular flexibility index (Phi) is 3.64. The van der Waals surface area contributed by atoms with Crippen molar-refractivity contribution in [3.05, 3.63) is 35.2 Å². The number of thiophene rings is 2. The van der Waals surface area contributed by atoms with E-state index >= 15 is 0 Å². The Morgan fingerprint density at radius 1 is 1.23 bits per heavy atom. The molecular formula is C17H18N2OS2. The van der Waals surface area contributed by atoms with Gasteiger partial charge in [0.05, 0.1) is 9.58 Å². The Morgan fingerprint density at radius 2 is 2.09 bits per heavy atom. The first-order chi connectivity index (χ1) is 10.8. The van der Waals surface area contributed by atoms with Crippen LogP contribution in [0.1, 0.15) is 28.9 Å². The Bertz CT molecular complexity index is 836. The first kappa shape index (κ1) is 14.2. The average Bonchev–Trinajstić information content (AvgIpc) is 3.12. The Hall–Kier alpha value is -1.43.